The SMILES string of the molecule is COc1ccc(C=C2Oc3cc(OC(=O)c4ccccc4OC)ccc3C2=O)c(OC)c1. The van der Waals surface area contributed by atoms with Gasteiger partial charge in [0.1, 0.15) is 34.3 Å². The standard InChI is InChI=1S/C25H20O7/c1-28-16-9-8-15(21(13-16)30-3)12-23-24(26)18-11-10-17(14-22(18)32-23)31-25(27)19-6-4-5-7-20(19)29-2/h4-14H,1-3H3. The summed E-state index contributed by atoms with van der Waals surface area (Å²) in [6.45, 7) is 0. The number of esters is 1. The van der Waals surface area contributed by atoms with Crippen LogP contribution in [0, 0.1) is 0 Å². The number of para-hydroxylation sites is 1. The van der Waals surface area contributed by atoms with Gasteiger partial charge >= 0.3 is 5.97 Å². The number of ketones is 1. The van der Waals surface area contributed by atoms with Crippen LogP contribution in [0.5, 0.6) is 28.7 Å². The molecule has 0 saturated heterocycles. The maximum Gasteiger partial charge on any atom is 0.347 e. The molecule has 1 aliphatic rings. The summed E-state index contributed by atoms with van der Waals surface area (Å²) < 4.78 is 27.0. The van der Waals surface area contributed by atoms with E-state index in [1.165, 1.54) is 20.3 Å². The second kappa shape index (κ2) is 8.85. The molecule has 0 bridgehead atoms. The Labute approximate surface area is 184 Å². The van der Waals surface area contributed by atoms with Crippen molar-refractivity contribution in [2.45, 2.75) is 0 Å². The first-order valence-corrected chi connectivity index (χ1v) is 9.69. The monoisotopic (exact) mass is 432 g/mol. The van der Waals surface area contributed by atoms with Gasteiger partial charge in [0.2, 0.25) is 5.78 Å². The van der Waals surface area contributed by atoms with Crippen LogP contribution >= 0.6 is 0 Å². The zero-order valence-electron chi connectivity index (χ0n) is 17.7. The van der Waals surface area contributed by atoms with Gasteiger partial charge in [0.05, 0.1) is 26.9 Å². The van der Waals surface area contributed by atoms with Crippen molar-refractivity contribution < 1.29 is 33.3 Å². The van der Waals surface area contributed by atoms with E-state index in [0.717, 1.165) is 0 Å². The third-order valence-electron chi connectivity index (χ3n) is 4.91. The molecule has 1 aliphatic heterocycles. The van der Waals surface area contributed by atoms with E-state index in [-0.39, 0.29) is 17.3 Å². The fraction of sp³-hybridized carbons (Fsp3) is 0.120. The third-order valence-corrected chi connectivity index (χ3v) is 4.91. The van der Waals surface area contributed by atoms with Crippen molar-refractivity contribution in [2.75, 3.05) is 21.3 Å². The van der Waals surface area contributed by atoms with Crippen LogP contribution in [0.2, 0.25) is 0 Å². The Kier molecular flexibility index (Phi) is 5.81. The zero-order valence-corrected chi connectivity index (χ0v) is 17.7. The molecule has 0 fully saturated rings. The summed E-state index contributed by atoms with van der Waals surface area (Å²) in [5, 5.41) is 0. The molecule has 3 aromatic rings. The predicted molar refractivity (Wildman–Crippen MR) is 117 cm³/mol. The van der Waals surface area contributed by atoms with Crippen LogP contribution in [-0.4, -0.2) is 33.1 Å². The molecule has 0 aliphatic carbocycles. The smallest absolute Gasteiger partial charge is 0.347 e. The van der Waals surface area contributed by atoms with E-state index in [4.69, 9.17) is 23.7 Å². The molecule has 0 atom stereocenters. The number of ether oxygens (including phenoxy) is 5. The summed E-state index contributed by atoms with van der Waals surface area (Å²) in [7, 11) is 4.57. The van der Waals surface area contributed by atoms with Gasteiger partial charge in [-0.2, -0.15) is 0 Å². The van der Waals surface area contributed by atoms with Crippen molar-refractivity contribution in [3.63, 3.8) is 0 Å². The van der Waals surface area contributed by atoms with Crippen LogP contribution in [0.3, 0.4) is 0 Å². The minimum Gasteiger partial charge on any atom is -0.497 e. The highest BCUT2D eigenvalue weighted by Gasteiger charge is 2.28. The average Bonchev–Trinajstić information content (AvgIpc) is 3.13. The summed E-state index contributed by atoms with van der Waals surface area (Å²) in [5.74, 6) is 1.41. The predicted octanol–water partition coefficient (Wildman–Crippen LogP) is 4.55. The van der Waals surface area contributed by atoms with Crippen LogP contribution in [0.15, 0.2) is 66.4 Å². The summed E-state index contributed by atoms with van der Waals surface area (Å²) in [4.78, 5) is 25.3. The highest BCUT2D eigenvalue weighted by molar-refractivity contribution is 6.14. The number of benzene rings is 3. The third kappa shape index (κ3) is 4.00. The Morgan fingerprint density at radius 3 is 2.34 bits per heavy atom. The van der Waals surface area contributed by atoms with Crippen molar-refractivity contribution in [1.82, 2.24) is 0 Å². The van der Waals surface area contributed by atoms with Gasteiger partial charge in [-0.1, -0.05) is 12.1 Å². The molecule has 162 valence electrons. The summed E-state index contributed by atoms with van der Waals surface area (Å²) in [6, 6.07) is 16.6. The first-order valence-electron chi connectivity index (χ1n) is 9.69. The number of Topliss-reactive ketones (excluding diaryl/α,β-unsaturated/α-hetero) is 1. The Morgan fingerprint density at radius 2 is 1.59 bits per heavy atom. The van der Waals surface area contributed by atoms with E-state index >= 15 is 0 Å². The summed E-state index contributed by atoms with van der Waals surface area (Å²) in [6.07, 6.45) is 1.60. The van der Waals surface area contributed by atoms with E-state index in [2.05, 4.69) is 0 Å². The number of hydrogen-bond donors (Lipinski definition) is 0. The minimum atomic E-state index is -0.578. The number of methoxy groups -OCH3 is 3. The molecule has 3 aromatic carbocycles. The number of hydrogen-bond acceptors (Lipinski definition) is 7. The fourth-order valence-electron chi connectivity index (χ4n) is 3.28. The molecule has 0 unspecified atom stereocenters. The number of allylic oxidation sites excluding steroid dienone is 1. The quantitative estimate of drug-likeness (QED) is 0.321. The lowest BCUT2D eigenvalue weighted by Gasteiger charge is -2.09. The van der Waals surface area contributed by atoms with Crippen LogP contribution in [0.25, 0.3) is 6.08 Å². The van der Waals surface area contributed by atoms with Gasteiger partial charge in [-0.15, -0.1) is 0 Å². The number of carbonyl (C=O) groups is 2. The molecule has 0 amide bonds. The second-order valence-electron chi connectivity index (χ2n) is 6.80. The molecule has 0 spiro atoms. The average molecular weight is 432 g/mol. The van der Waals surface area contributed by atoms with Crippen LogP contribution in [0.1, 0.15) is 26.3 Å². The lowest BCUT2D eigenvalue weighted by atomic mass is 10.1. The largest absolute Gasteiger partial charge is 0.497 e. The van der Waals surface area contributed by atoms with E-state index in [1.54, 1.807) is 67.8 Å². The van der Waals surface area contributed by atoms with Gasteiger partial charge in [0, 0.05) is 17.7 Å². The Bertz CT molecular complexity index is 1230. The molecule has 0 N–H and O–H groups in total. The highest BCUT2D eigenvalue weighted by Crippen LogP contribution is 2.36. The van der Waals surface area contributed by atoms with Gasteiger partial charge in [0.15, 0.2) is 5.76 Å². The number of fused-ring (bicyclic) bond motifs is 1. The second-order valence-corrected chi connectivity index (χ2v) is 6.80. The molecule has 0 aromatic heterocycles. The van der Waals surface area contributed by atoms with Crippen molar-refractivity contribution in [2.24, 2.45) is 0 Å². The molecular formula is C25H20O7. The normalized spacial score (nSPS) is 13.3. The lowest BCUT2D eigenvalue weighted by molar-refractivity contribution is 0.0731. The molecule has 7 heteroatoms. The van der Waals surface area contributed by atoms with Crippen molar-refractivity contribution in [3.8, 4) is 28.7 Å². The molecule has 4 rings (SSSR count). The molecule has 0 saturated carbocycles. The van der Waals surface area contributed by atoms with Crippen molar-refractivity contribution in [3.05, 3.63) is 83.1 Å². The highest BCUT2D eigenvalue weighted by atomic mass is 16.5. The number of carbonyl (C=O) groups excluding carboxylic acids is 2. The minimum absolute atomic E-state index is 0.136. The Balaban J connectivity index is 1.58. The number of rotatable bonds is 6. The maximum atomic E-state index is 12.8. The Morgan fingerprint density at radius 1 is 0.844 bits per heavy atom. The topological polar surface area (TPSA) is 80.3 Å². The fourth-order valence-corrected chi connectivity index (χ4v) is 3.28. The van der Waals surface area contributed by atoms with Gasteiger partial charge in [-0.25, -0.2) is 4.79 Å². The maximum absolute atomic E-state index is 12.8. The first-order chi connectivity index (χ1) is 15.5. The summed E-state index contributed by atoms with van der Waals surface area (Å²) in [5.41, 5.74) is 1.33. The molecule has 0 radical (unpaired) electrons. The zero-order chi connectivity index (χ0) is 22.7. The van der Waals surface area contributed by atoms with Gasteiger partial charge in [-0.05, 0) is 42.5 Å². The molecular weight excluding hydrogens is 412 g/mol. The van der Waals surface area contributed by atoms with Gasteiger partial charge < -0.3 is 23.7 Å². The van der Waals surface area contributed by atoms with Crippen LogP contribution in [-0.2, 0) is 0 Å². The van der Waals surface area contributed by atoms with E-state index in [0.29, 0.717) is 39.7 Å². The van der Waals surface area contributed by atoms with Gasteiger partial charge in [-0.3, -0.25) is 4.79 Å². The molecule has 32 heavy (non-hydrogen) atoms. The van der Waals surface area contributed by atoms with Gasteiger partial charge in [0.25, 0.3) is 0 Å². The van der Waals surface area contributed by atoms with Crippen molar-refractivity contribution in [1.29, 1.82) is 0 Å². The van der Waals surface area contributed by atoms with E-state index in [9.17, 15) is 9.59 Å². The van der Waals surface area contributed by atoms with E-state index < -0.39 is 5.97 Å². The van der Waals surface area contributed by atoms with Crippen LogP contribution in [0.4, 0.5) is 0 Å². The lowest BCUT2D eigenvalue weighted by Crippen LogP contribution is -2.10. The summed E-state index contributed by atoms with van der Waals surface area (Å²) >= 11 is 0. The van der Waals surface area contributed by atoms with E-state index in [1.807, 2.05) is 0 Å². The van der Waals surface area contributed by atoms with Crippen molar-refractivity contribution >= 4 is 17.8 Å². The molecule has 1 heterocycles. The van der Waals surface area contributed by atoms with Crippen LogP contribution < -0.4 is 23.7 Å². The Hall–Kier alpha value is -4.26. The molecule has 7 nitrogen and oxygen atoms in total. The first kappa shape index (κ1) is 21.0.